The molecule has 0 spiro atoms. The van der Waals surface area contributed by atoms with Crippen LogP contribution < -0.4 is 5.32 Å². The molecule has 0 bridgehead atoms. The Morgan fingerprint density at radius 3 is 2.88 bits per heavy atom. The molecule has 3 heteroatoms. The number of hydrogen-bond acceptors (Lipinski definition) is 3. The highest BCUT2D eigenvalue weighted by Gasteiger charge is 2.16. The molecule has 2 aromatic rings. The van der Waals surface area contributed by atoms with Crippen LogP contribution in [0.15, 0.2) is 34.9 Å². The summed E-state index contributed by atoms with van der Waals surface area (Å²) in [4.78, 5) is 0. The first-order valence-corrected chi connectivity index (χ1v) is 5.69. The number of furan rings is 1. The number of benzene rings is 1. The van der Waals surface area contributed by atoms with Gasteiger partial charge in [-0.2, -0.15) is 5.26 Å². The third-order valence-electron chi connectivity index (χ3n) is 2.75. The Morgan fingerprint density at radius 1 is 1.35 bits per heavy atom. The quantitative estimate of drug-likeness (QED) is 0.874. The topological polar surface area (TPSA) is 49.0 Å². The molecular weight excluding hydrogens is 212 g/mol. The molecule has 2 rings (SSSR count). The maximum atomic E-state index is 8.91. The van der Waals surface area contributed by atoms with Crippen molar-refractivity contribution in [2.45, 2.75) is 20.4 Å². The summed E-state index contributed by atoms with van der Waals surface area (Å²) in [5.74, 6) is 0. The van der Waals surface area contributed by atoms with Crippen LogP contribution in [-0.4, -0.2) is 6.54 Å². The van der Waals surface area contributed by atoms with E-state index in [4.69, 9.17) is 9.68 Å². The van der Waals surface area contributed by atoms with Gasteiger partial charge >= 0.3 is 0 Å². The third kappa shape index (κ3) is 2.66. The molecule has 0 aliphatic heterocycles. The Hall–Kier alpha value is -1.79. The maximum absolute atomic E-state index is 8.91. The van der Waals surface area contributed by atoms with Crippen molar-refractivity contribution in [3.63, 3.8) is 0 Å². The van der Waals surface area contributed by atoms with Crippen molar-refractivity contribution in [2.24, 2.45) is 5.41 Å². The highest BCUT2D eigenvalue weighted by atomic mass is 16.3. The summed E-state index contributed by atoms with van der Waals surface area (Å²) in [7, 11) is 0. The normalized spacial score (nSPS) is 11.6. The Labute approximate surface area is 101 Å². The molecule has 88 valence electrons. The van der Waals surface area contributed by atoms with Crippen molar-refractivity contribution in [1.29, 1.82) is 5.26 Å². The van der Waals surface area contributed by atoms with Gasteiger partial charge in [-0.3, -0.25) is 0 Å². The van der Waals surface area contributed by atoms with Gasteiger partial charge in [-0.05, 0) is 19.9 Å². The standard InChI is InChI=1S/C14H16N2O/c1-14(2,9-15)10-16-7-11-8-17-13-6-4-3-5-12(11)13/h3-6,8,16H,7,10H2,1-2H3. The van der Waals surface area contributed by atoms with E-state index in [0.29, 0.717) is 6.54 Å². The maximum Gasteiger partial charge on any atom is 0.134 e. The zero-order chi connectivity index (χ0) is 12.3. The summed E-state index contributed by atoms with van der Waals surface area (Å²) in [6, 6.07) is 10.2. The predicted octanol–water partition coefficient (Wildman–Crippen LogP) is 3.07. The summed E-state index contributed by atoms with van der Waals surface area (Å²) in [6.45, 7) is 5.24. The molecule has 0 aliphatic carbocycles. The van der Waals surface area contributed by atoms with Crippen molar-refractivity contribution < 1.29 is 4.42 Å². The molecule has 0 radical (unpaired) electrons. The summed E-state index contributed by atoms with van der Waals surface area (Å²) in [5, 5.41) is 13.3. The zero-order valence-electron chi connectivity index (χ0n) is 10.2. The van der Waals surface area contributed by atoms with Crippen LogP contribution in [-0.2, 0) is 6.54 Å². The van der Waals surface area contributed by atoms with E-state index < -0.39 is 0 Å². The van der Waals surface area contributed by atoms with Gasteiger partial charge in [-0.25, -0.2) is 0 Å². The molecule has 1 aromatic heterocycles. The second kappa shape index (κ2) is 4.60. The van der Waals surface area contributed by atoms with E-state index in [1.165, 1.54) is 0 Å². The van der Waals surface area contributed by atoms with E-state index in [1.807, 2.05) is 38.1 Å². The van der Waals surface area contributed by atoms with E-state index in [1.54, 1.807) is 6.26 Å². The average Bonchev–Trinajstić information content (AvgIpc) is 2.73. The van der Waals surface area contributed by atoms with E-state index in [2.05, 4.69) is 11.4 Å². The Balaban J connectivity index is 2.03. The number of para-hydroxylation sites is 1. The number of rotatable bonds is 4. The summed E-state index contributed by atoms with van der Waals surface area (Å²) >= 11 is 0. The highest BCUT2D eigenvalue weighted by Crippen LogP contribution is 2.20. The van der Waals surface area contributed by atoms with E-state index in [-0.39, 0.29) is 5.41 Å². The largest absolute Gasteiger partial charge is 0.464 e. The van der Waals surface area contributed by atoms with Crippen LogP contribution in [0.5, 0.6) is 0 Å². The molecule has 17 heavy (non-hydrogen) atoms. The Morgan fingerprint density at radius 2 is 2.12 bits per heavy atom. The van der Waals surface area contributed by atoms with E-state index in [9.17, 15) is 0 Å². The van der Waals surface area contributed by atoms with Gasteiger partial charge in [-0.15, -0.1) is 0 Å². The highest BCUT2D eigenvalue weighted by molar-refractivity contribution is 5.80. The fourth-order valence-corrected chi connectivity index (χ4v) is 1.72. The predicted molar refractivity (Wildman–Crippen MR) is 67.3 cm³/mol. The second-order valence-electron chi connectivity index (χ2n) is 4.86. The van der Waals surface area contributed by atoms with Crippen LogP contribution in [0.1, 0.15) is 19.4 Å². The molecule has 0 saturated carbocycles. The molecule has 1 aromatic carbocycles. The van der Waals surface area contributed by atoms with Crippen molar-refractivity contribution in [1.82, 2.24) is 5.32 Å². The average molecular weight is 228 g/mol. The third-order valence-corrected chi connectivity index (χ3v) is 2.75. The molecule has 1 N–H and O–H groups in total. The van der Waals surface area contributed by atoms with Crippen LogP contribution in [0.4, 0.5) is 0 Å². The van der Waals surface area contributed by atoms with Gasteiger partial charge in [0.2, 0.25) is 0 Å². The number of hydrogen-bond donors (Lipinski definition) is 1. The molecule has 3 nitrogen and oxygen atoms in total. The minimum atomic E-state index is -0.334. The number of nitrogens with zero attached hydrogens (tertiary/aromatic N) is 1. The first-order valence-electron chi connectivity index (χ1n) is 5.69. The number of nitriles is 1. The van der Waals surface area contributed by atoms with Crippen LogP contribution >= 0.6 is 0 Å². The molecular formula is C14H16N2O. The Bertz CT molecular complexity index is 549. The summed E-state index contributed by atoms with van der Waals surface area (Å²) < 4.78 is 5.45. The van der Waals surface area contributed by atoms with Crippen LogP contribution in [0.2, 0.25) is 0 Å². The van der Waals surface area contributed by atoms with Gasteiger partial charge < -0.3 is 9.73 Å². The first kappa shape index (κ1) is 11.7. The minimum absolute atomic E-state index is 0.334. The fraction of sp³-hybridized carbons (Fsp3) is 0.357. The SMILES string of the molecule is CC(C)(C#N)CNCc1coc2ccccc12. The lowest BCUT2D eigenvalue weighted by Gasteiger charge is -2.15. The summed E-state index contributed by atoms with van der Waals surface area (Å²) in [5.41, 5.74) is 1.71. The van der Waals surface area contributed by atoms with Gasteiger partial charge in [0.05, 0.1) is 17.7 Å². The van der Waals surface area contributed by atoms with Crippen LogP contribution in [0.25, 0.3) is 11.0 Å². The lowest BCUT2D eigenvalue weighted by molar-refractivity contribution is 0.444. The van der Waals surface area contributed by atoms with Gasteiger partial charge in [0.15, 0.2) is 0 Å². The van der Waals surface area contributed by atoms with Crippen molar-refractivity contribution in [3.05, 3.63) is 36.1 Å². The summed E-state index contributed by atoms with van der Waals surface area (Å²) in [6.07, 6.45) is 1.77. The monoisotopic (exact) mass is 228 g/mol. The Kier molecular flexibility index (Phi) is 3.16. The molecule has 0 atom stereocenters. The first-order chi connectivity index (χ1) is 8.12. The van der Waals surface area contributed by atoms with Crippen LogP contribution in [0.3, 0.4) is 0 Å². The van der Waals surface area contributed by atoms with Gasteiger partial charge in [0.1, 0.15) is 5.58 Å². The lowest BCUT2D eigenvalue weighted by Crippen LogP contribution is -2.27. The zero-order valence-corrected chi connectivity index (χ0v) is 10.2. The van der Waals surface area contributed by atoms with Gasteiger partial charge in [0, 0.05) is 24.0 Å². The molecule has 0 aliphatic rings. The van der Waals surface area contributed by atoms with Crippen LogP contribution in [0, 0.1) is 16.7 Å². The van der Waals surface area contributed by atoms with E-state index in [0.717, 1.165) is 23.1 Å². The van der Waals surface area contributed by atoms with Crippen molar-refractivity contribution >= 4 is 11.0 Å². The molecule has 0 unspecified atom stereocenters. The molecule has 0 saturated heterocycles. The number of nitrogens with one attached hydrogen (secondary N) is 1. The molecule has 0 amide bonds. The molecule has 1 heterocycles. The van der Waals surface area contributed by atoms with E-state index >= 15 is 0 Å². The fourth-order valence-electron chi connectivity index (χ4n) is 1.72. The lowest BCUT2D eigenvalue weighted by atomic mass is 9.96. The van der Waals surface area contributed by atoms with Gasteiger partial charge in [-0.1, -0.05) is 18.2 Å². The minimum Gasteiger partial charge on any atom is -0.464 e. The van der Waals surface area contributed by atoms with Crippen molar-refractivity contribution in [3.8, 4) is 6.07 Å². The second-order valence-corrected chi connectivity index (χ2v) is 4.86. The smallest absolute Gasteiger partial charge is 0.134 e. The molecule has 0 fully saturated rings. The van der Waals surface area contributed by atoms with Gasteiger partial charge in [0.25, 0.3) is 0 Å². The number of fused-ring (bicyclic) bond motifs is 1. The van der Waals surface area contributed by atoms with Crippen molar-refractivity contribution in [2.75, 3.05) is 6.54 Å².